The maximum atomic E-state index is 5.88. The van der Waals surface area contributed by atoms with Crippen molar-refractivity contribution in [2.45, 2.75) is 6.92 Å². The molecule has 0 aliphatic heterocycles. The quantitative estimate of drug-likeness (QED) is 0.570. The van der Waals surface area contributed by atoms with Crippen LogP contribution in [0.5, 0.6) is 0 Å². The third-order valence-electron chi connectivity index (χ3n) is 3.94. The molecule has 0 aliphatic carbocycles. The van der Waals surface area contributed by atoms with E-state index in [9.17, 15) is 0 Å². The van der Waals surface area contributed by atoms with E-state index in [-0.39, 0.29) is 0 Å². The van der Waals surface area contributed by atoms with E-state index in [1.54, 1.807) is 0 Å². The molecule has 4 heteroatoms. The molecule has 2 N–H and O–H groups in total. The van der Waals surface area contributed by atoms with Crippen LogP contribution in [0.25, 0.3) is 28.0 Å². The summed E-state index contributed by atoms with van der Waals surface area (Å²) in [6.07, 6.45) is 5.81. The Balaban J connectivity index is 1.81. The molecule has 0 amide bonds. The normalized spacial score (nSPS) is 11.0. The summed E-state index contributed by atoms with van der Waals surface area (Å²) in [5, 5.41) is 0. The lowest BCUT2D eigenvalue weighted by Gasteiger charge is -2.05. The summed E-state index contributed by atoms with van der Waals surface area (Å²) in [5.74, 6) is 0. The lowest BCUT2D eigenvalue weighted by atomic mass is 10.1. The van der Waals surface area contributed by atoms with Crippen molar-refractivity contribution in [1.82, 2.24) is 14.4 Å². The first-order chi connectivity index (χ1) is 11.2. The number of aryl methyl sites for hydroxylation is 1. The molecule has 112 valence electrons. The van der Waals surface area contributed by atoms with Gasteiger partial charge in [0.2, 0.25) is 0 Å². The highest BCUT2D eigenvalue weighted by atomic mass is 15.0. The highest BCUT2D eigenvalue weighted by Gasteiger charge is 2.07. The molecule has 0 aliphatic rings. The van der Waals surface area contributed by atoms with Gasteiger partial charge in [-0.2, -0.15) is 0 Å². The lowest BCUT2D eigenvalue weighted by molar-refractivity contribution is 1.18. The van der Waals surface area contributed by atoms with Gasteiger partial charge in [0, 0.05) is 34.9 Å². The minimum Gasteiger partial charge on any atom is -0.399 e. The fourth-order valence-corrected chi connectivity index (χ4v) is 2.71. The van der Waals surface area contributed by atoms with Crippen LogP contribution in [-0.4, -0.2) is 14.4 Å². The molecule has 4 aromatic rings. The zero-order valence-corrected chi connectivity index (χ0v) is 12.8. The molecule has 0 saturated carbocycles. The molecule has 0 radical (unpaired) electrons. The van der Waals surface area contributed by atoms with Gasteiger partial charge in [0.1, 0.15) is 5.65 Å². The van der Waals surface area contributed by atoms with Gasteiger partial charge in [-0.15, -0.1) is 0 Å². The molecule has 0 fully saturated rings. The van der Waals surface area contributed by atoms with Gasteiger partial charge in [0.25, 0.3) is 0 Å². The van der Waals surface area contributed by atoms with Gasteiger partial charge < -0.3 is 5.73 Å². The van der Waals surface area contributed by atoms with E-state index in [2.05, 4.69) is 32.6 Å². The third-order valence-corrected chi connectivity index (χ3v) is 3.94. The Morgan fingerprint density at radius 3 is 2.57 bits per heavy atom. The maximum Gasteiger partial charge on any atom is 0.137 e. The second kappa shape index (κ2) is 5.25. The number of aromatic nitrogens is 3. The number of nitrogens with zero attached hydrogens (tertiary/aromatic N) is 3. The molecule has 0 unspecified atom stereocenters. The predicted octanol–water partition coefficient (Wildman–Crippen LogP) is 3.95. The number of benzene rings is 1. The molecule has 23 heavy (non-hydrogen) atoms. The van der Waals surface area contributed by atoms with Crippen LogP contribution in [0.3, 0.4) is 0 Å². The summed E-state index contributed by atoms with van der Waals surface area (Å²) in [6, 6.07) is 16.1. The first-order valence-corrected chi connectivity index (χ1v) is 7.47. The lowest BCUT2D eigenvalue weighted by Crippen LogP contribution is -1.91. The third kappa shape index (κ3) is 2.44. The van der Waals surface area contributed by atoms with Crippen LogP contribution in [0.15, 0.2) is 67.1 Å². The van der Waals surface area contributed by atoms with Gasteiger partial charge in [-0.3, -0.25) is 9.38 Å². The van der Waals surface area contributed by atoms with E-state index in [4.69, 9.17) is 5.73 Å². The predicted molar refractivity (Wildman–Crippen MR) is 93.0 cm³/mol. The minimum absolute atomic E-state index is 0.750. The topological polar surface area (TPSA) is 56.2 Å². The maximum absolute atomic E-state index is 5.88. The number of nitrogens with two attached hydrogens (primary N) is 1. The summed E-state index contributed by atoms with van der Waals surface area (Å²) in [6.45, 7) is 1.99. The first-order valence-electron chi connectivity index (χ1n) is 7.47. The molecule has 1 aromatic carbocycles. The number of imidazole rings is 1. The molecule has 0 bridgehead atoms. The van der Waals surface area contributed by atoms with E-state index >= 15 is 0 Å². The fourth-order valence-electron chi connectivity index (χ4n) is 2.71. The van der Waals surface area contributed by atoms with Crippen molar-refractivity contribution in [3.63, 3.8) is 0 Å². The molecule has 0 spiro atoms. The summed E-state index contributed by atoms with van der Waals surface area (Å²) in [5.41, 5.74) is 12.8. The molecule has 4 nitrogen and oxygen atoms in total. The zero-order chi connectivity index (χ0) is 15.8. The van der Waals surface area contributed by atoms with Crippen LogP contribution in [0.2, 0.25) is 0 Å². The number of fused-ring (bicyclic) bond motifs is 1. The zero-order valence-electron chi connectivity index (χ0n) is 12.8. The molecular weight excluding hydrogens is 284 g/mol. The molecule has 0 saturated heterocycles. The summed E-state index contributed by atoms with van der Waals surface area (Å²) < 4.78 is 2.07. The van der Waals surface area contributed by atoms with Crippen LogP contribution in [0.4, 0.5) is 5.69 Å². The molecule has 3 aromatic heterocycles. The SMILES string of the molecule is Cc1ccc(-c2ccn3c(-c4cccc(N)c4)cnc3c2)cn1. The highest BCUT2D eigenvalue weighted by Crippen LogP contribution is 2.25. The van der Waals surface area contributed by atoms with Gasteiger partial charge >= 0.3 is 0 Å². The average molecular weight is 300 g/mol. The number of rotatable bonds is 2. The average Bonchev–Trinajstić information content (AvgIpc) is 2.98. The Morgan fingerprint density at radius 1 is 0.870 bits per heavy atom. The van der Waals surface area contributed by atoms with Gasteiger partial charge in [0.15, 0.2) is 0 Å². The summed E-state index contributed by atoms with van der Waals surface area (Å²) in [4.78, 5) is 8.89. The summed E-state index contributed by atoms with van der Waals surface area (Å²) >= 11 is 0. The van der Waals surface area contributed by atoms with Crippen molar-refractivity contribution in [2.24, 2.45) is 0 Å². The Hall–Kier alpha value is -3.14. The molecule has 3 heterocycles. The van der Waals surface area contributed by atoms with Crippen LogP contribution in [-0.2, 0) is 0 Å². The Bertz CT molecular complexity index is 984. The van der Waals surface area contributed by atoms with Crippen molar-refractivity contribution in [2.75, 3.05) is 5.73 Å². The van der Waals surface area contributed by atoms with E-state index < -0.39 is 0 Å². The van der Waals surface area contributed by atoms with E-state index in [1.165, 1.54) is 0 Å². The second-order valence-electron chi connectivity index (χ2n) is 5.60. The molecule has 0 atom stereocenters. The highest BCUT2D eigenvalue weighted by molar-refractivity contribution is 5.71. The van der Waals surface area contributed by atoms with Crippen molar-refractivity contribution < 1.29 is 0 Å². The monoisotopic (exact) mass is 300 g/mol. The molecule has 4 rings (SSSR count). The smallest absolute Gasteiger partial charge is 0.137 e. The second-order valence-corrected chi connectivity index (χ2v) is 5.60. The molecular formula is C19H16N4. The standard InChI is InChI=1S/C19H16N4/c1-13-5-6-16(11-21-13)14-7-8-23-18(12-22-19(23)10-14)15-3-2-4-17(20)9-15/h2-12H,20H2,1H3. The first kappa shape index (κ1) is 13.5. The Morgan fingerprint density at radius 2 is 1.78 bits per heavy atom. The van der Waals surface area contributed by atoms with Crippen molar-refractivity contribution in [1.29, 1.82) is 0 Å². The van der Waals surface area contributed by atoms with E-state index in [0.717, 1.165) is 39.4 Å². The van der Waals surface area contributed by atoms with Crippen molar-refractivity contribution >= 4 is 11.3 Å². The van der Waals surface area contributed by atoms with Gasteiger partial charge in [-0.1, -0.05) is 18.2 Å². The van der Waals surface area contributed by atoms with Crippen LogP contribution >= 0.6 is 0 Å². The van der Waals surface area contributed by atoms with E-state index in [0.29, 0.717) is 0 Å². The number of anilines is 1. The van der Waals surface area contributed by atoms with Crippen molar-refractivity contribution in [3.8, 4) is 22.4 Å². The number of hydrogen-bond acceptors (Lipinski definition) is 3. The largest absolute Gasteiger partial charge is 0.399 e. The van der Waals surface area contributed by atoms with Crippen LogP contribution in [0.1, 0.15) is 5.69 Å². The minimum atomic E-state index is 0.750. The number of pyridine rings is 2. The van der Waals surface area contributed by atoms with E-state index in [1.807, 2.05) is 55.8 Å². The fraction of sp³-hybridized carbons (Fsp3) is 0.0526. The van der Waals surface area contributed by atoms with Gasteiger partial charge in [0.05, 0.1) is 11.9 Å². The Kier molecular flexibility index (Phi) is 3.08. The summed E-state index contributed by atoms with van der Waals surface area (Å²) in [7, 11) is 0. The number of nitrogen functional groups attached to an aromatic ring is 1. The van der Waals surface area contributed by atoms with Crippen LogP contribution in [0, 0.1) is 6.92 Å². The number of hydrogen-bond donors (Lipinski definition) is 1. The van der Waals surface area contributed by atoms with Gasteiger partial charge in [-0.25, -0.2) is 4.98 Å². The van der Waals surface area contributed by atoms with Crippen LogP contribution < -0.4 is 5.73 Å². The van der Waals surface area contributed by atoms with Crippen molar-refractivity contribution in [3.05, 3.63) is 72.8 Å². The Labute approximate surface area is 134 Å². The van der Waals surface area contributed by atoms with Gasteiger partial charge in [-0.05, 0) is 42.8 Å².